The molecule has 0 fully saturated rings. The molecule has 0 aliphatic carbocycles. The lowest BCUT2D eigenvalue weighted by Crippen LogP contribution is -2.17. The summed E-state index contributed by atoms with van der Waals surface area (Å²) in [5.41, 5.74) is 0.624. The van der Waals surface area contributed by atoms with Gasteiger partial charge >= 0.3 is 12.3 Å². The van der Waals surface area contributed by atoms with Crippen LogP contribution in [0.15, 0.2) is 24.3 Å². The molecule has 1 atom stereocenters. The van der Waals surface area contributed by atoms with E-state index in [0.717, 1.165) is 38.5 Å². The van der Waals surface area contributed by atoms with Crippen molar-refractivity contribution in [3.63, 3.8) is 0 Å². The van der Waals surface area contributed by atoms with Gasteiger partial charge in [0.25, 0.3) is 0 Å². The van der Waals surface area contributed by atoms with E-state index in [1.54, 1.807) is 0 Å². The largest absolute Gasteiger partial charge is 0.573 e. The first-order valence-corrected chi connectivity index (χ1v) is 8.37. The summed E-state index contributed by atoms with van der Waals surface area (Å²) >= 11 is 0. The monoisotopic (exact) mass is 346 g/mol. The number of carbonyl (C=O) groups is 1. The predicted molar refractivity (Wildman–Crippen MR) is 85.5 cm³/mol. The van der Waals surface area contributed by atoms with Crippen LogP contribution in [0.25, 0.3) is 0 Å². The van der Waals surface area contributed by atoms with Crippen LogP contribution in [-0.4, -0.2) is 12.3 Å². The van der Waals surface area contributed by atoms with Gasteiger partial charge in [-0.3, -0.25) is 4.79 Å². The summed E-state index contributed by atoms with van der Waals surface area (Å²) in [4.78, 5) is 12.1. The van der Waals surface area contributed by atoms with E-state index in [-0.39, 0.29) is 24.2 Å². The van der Waals surface area contributed by atoms with Gasteiger partial charge in [0, 0.05) is 0 Å². The van der Waals surface area contributed by atoms with Crippen LogP contribution in [-0.2, 0) is 16.1 Å². The lowest BCUT2D eigenvalue weighted by molar-refractivity contribution is -0.274. The van der Waals surface area contributed by atoms with Gasteiger partial charge in [-0.25, -0.2) is 0 Å². The predicted octanol–water partition coefficient (Wildman–Crippen LogP) is 5.63. The van der Waals surface area contributed by atoms with E-state index in [0.29, 0.717) is 5.56 Å². The summed E-state index contributed by atoms with van der Waals surface area (Å²) < 4.78 is 45.3. The van der Waals surface area contributed by atoms with Crippen molar-refractivity contribution in [2.24, 2.45) is 5.92 Å². The van der Waals surface area contributed by atoms with Crippen molar-refractivity contribution in [1.82, 2.24) is 0 Å². The Labute approximate surface area is 141 Å². The third-order valence-electron chi connectivity index (χ3n) is 3.77. The molecule has 0 aliphatic rings. The van der Waals surface area contributed by atoms with Crippen molar-refractivity contribution in [2.45, 2.75) is 65.3 Å². The van der Waals surface area contributed by atoms with Gasteiger partial charge in [-0.05, 0) is 30.5 Å². The Morgan fingerprint density at radius 2 is 1.75 bits per heavy atom. The van der Waals surface area contributed by atoms with Crippen molar-refractivity contribution in [1.29, 1.82) is 0 Å². The summed E-state index contributed by atoms with van der Waals surface area (Å²) in [6.45, 7) is 4.14. The highest BCUT2D eigenvalue weighted by Gasteiger charge is 2.30. The maximum absolute atomic E-state index is 12.1. The number of rotatable bonds is 10. The molecule has 1 aromatic carbocycles. The Hall–Kier alpha value is -1.72. The fourth-order valence-corrected chi connectivity index (χ4v) is 2.37. The number of benzene rings is 1. The van der Waals surface area contributed by atoms with Gasteiger partial charge in [0.05, 0.1) is 5.92 Å². The molecule has 3 nitrogen and oxygen atoms in total. The lowest BCUT2D eigenvalue weighted by atomic mass is 9.98. The summed E-state index contributed by atoms with van der Waals surface area (Å²) in [6.07, 6.45) is 1.26. The van der Waals surface area contributed by atoms with Crippen LogP contribution in [0, 0.1) is 5.92 Å². The van der Waals surface area contributed by atoms with Crippen molar-refractivity contribution in [3.05, 3.63) is 29.8 Å². The van der Waals surface area contributed by atoms with Gasteiger partial charge < -0.3 is 9.47 Å². The number of unbranched alkanes of at least 4 members (excludes halogenated alkanes) is 3. The molecule has 0 N–H and O–H groups in total. The Balaban J connectivity index is 2.42. The van der Waals surface area contributed by atoms with Crippen LogP contribution in [0.3, 0.4) is 0 Å². The third kappa shape index (κ3) is 8.22. The van der Waals surface area contributed by atoms with E-state index in [1.165, 1.54) is 24.3 Å². The van der Waals surface area contributed by atoms with Crippen LogP contribution in [0.1, 0.15) is 57.9 Å². The fourth-order valence-electron chi connectivity index (χ4n) is 2.37. The van der Waals surface area contributed by atoms with E-state index in [9.17, 15) is 18.0 Å². The van der Waals surface area contributed by atoms with Gasteiger partial charge in [0.15, 0.2) is 0 Å². The molecule has 0 spiro atoms. The van der Waals surface area contributed by atoms with Crippen LogP contribution >= 0.6 is 0 Å². The molecule has 1 unspecified atom stereocenters. The number of ether oxygens (including phenoxy) is 2. The Morgan fingerprint density at radius 3 is 2.29 bits per heavy atom. The molecule has 0 saturated heterocycles. The Bertz CT molecular complexity index is 483. The van der Waals surface area contributed by atoms with Gasteiger partial charge in [-0.15, -0.1) is 13.2 Å². The average Bonchev–Trinajstić information content (AvgIpc) is 2.52. The average molecular weight is 346 g/mol. The quantitative estimate of drug-likeness (QED) is 0.407. The van der Waals surface area contributed by atoms with Crippen LogP contribution in [0.5, 0.6) is 5.75 Å². The zero-order chi connectivity index (χ0) is 18.0. The minimum absolute atomic E-state index is 0.0522. The molecule has 0 aromatic heterocycles. The highest BCUT2D eigenvalue weighted by molar-refractivity contribution is 5.72. The molecule has 1 aromatic rings. The summed E-state index contributed by atoms with van der Waals surface area (Å²) in [5.74, 6) is -0.653. The highest BCUT2D eigenvalue weighted by Crippen LogP contribution is 2.23. The summed E-state index contributed by atoms with van der Waals surface area (Å²) in [7, 11) is 0. The first-order chi connectivity index (χ1) is 11.4. The second-order valence-corrected chi connectivity index (χ2v) is 5.75. The van der Waals surface area contributed by atoms with E-state index in [1.807, 2.05) is 6.92 Å². The molecule has 0 aliphatic heterocycles. The lowest BCUT2D eigenvalue weighted by Gasteiger charge is -2.14. The van der Waals surface area contributed by atoms with Crippen molar-refractivity contribution >= 4 is 5.97 Å². The minimum Gasteiger partial charge on any atom is -0.461 e. The Morgan fingerprint density at radius 1 is 1.08 bits per heavy atom. The molecule has 0 saturated carbocycles. The van der Waals surface area contributed by atoms with Crippen LogP contribution in [0.2, 0.25) is 0 Å². The Kier molecular flexibility index (Phi) is 8.65. The summed E-state index contributed by atoms with van der Waals surface area (Å²) in [5, 5.41) is 0. The molecule has 0 radical (unpaired) electrons. The first-order valence-electron chi connectivity index (χ1n) is 8.37. The van der Waals surface area contributed by atoms with E-state index in [2.05, 4.69) is 11.7 Å². The second kappa shape index (κ2) is 10.2. The zero-order valence-corrected chi connectivity index (χ0v) is 14.2. The first kappa shape index (κ1) is 20.3. The normalized spacial score (nSPS) is 12.7. The van der Waals surface area contributed by atoms with Gasteiger partial charge in [0.2, 0.25) is 0 Å². The molecule has 136 valence electrons. The van der Waals surface area contributed by atoms with Crippen molar-refractivity contribution < 1.29 is 27.4 Å². The minimum atomic E-state index is -4.71. The number of hydrogen-bond donors (Lipinski definition) is 0. The van der Waals surface area contributed by atoms with Crippen molar-refractivity contribution in [3.8, 4) is 5.75 Å². The SMILES string of the molecule is CCCCCCC(CC)C(=O)OCc1ccc(OC(F)(F)F)cc1. The second-order valence-electron chi connectivity index (χ2n) is 5.75. The smallest absolute Gasteiger partial charge is 0.461 e. The molecule has 0 bridgehead atoms. The number of halogens is 3. The summed E-state index contributed by atoms with van der Waals surface area (Å²) in [6, 6.07) is 5.32. The zero-order valence-electron chi connectivity index (χ0n) is 14.2. The number of hydrogen-bond acceptors (Lipinski definition) is 3. The standard InChI is InChI=1S/C18H25F3O3/c1-3-5-6-7-8-15(4-2)17(22)23-13-14-9-11-16(12-10-14)24-18(19,20)21/h9-12,15H,3-8,13H2,1-2H3. The van der Waals surface area contributed by atoms with E-state index < -0.39 is 6.36 Å². The molecule has 1 rings (SSSR count). The third-order valence-corrected chi connectivity index (χ3v) is 3.77. The van der Waals surface area contributed by atoms with Gasteiger partial charge in [-0.2, -0.15) is 0 Å². The van der Waals surface area contributed by atoms with Crippen molar-refractivity contribution in [2.75, 3.05) is 0 Å². The number of alkyl halides is 3. The van der Waals surface area contributed by atoms with Gasteiger partial charge in [0.1, 0.15) is 12.4 Å². The van der Waals surface area contributed by atoms with Gasteiger partial charge in [-0.1, -0.05) is 51.7 Å². The van der Waals surface area contributed by atoms with E-state index in [4.69, 9.17) is 4.74 Å². The molecule has 0 amide bonds. The molecule has 6 heteroatoms. The van der Waals surface area contributed by atoms with Crippen LogP contribution < -0.4 is 4.74 Å². The maximum atomic E-state index is 12.1. The number of carbonyl (C=O) groups excluding carboxylic acids is 1. The van der Waals surface area contributed by atoms with Crippen LogP contribution in [0.4, 0.5) is 13.2 Å². The molecule has 24 heavy (non-hydrogen) atoms. The maximum Gasteiger partial charge on any atom is 0.573 e. The molecule has 0 heterocycles. The topological polar surface area (TPSA) is 35.5 Å². The highest BCUT2D eigenvalue weighted by atomic mass is 19.4. The fraction of sp³-hybridized carbons (Fsp3) is 0.611. The number of esters is 1. The van der Waals surface area contributed by atoms with E-state index >= 15 is 0 Å². The molecular weight excluding hydrogens is 321 g/mol. The molecular formula is C18H25F3O3.